The second-order valence-electron chi connectivity index (χ2n) is 8.59. The van der Waals surface area contributed by atoms with Gasteiger partial charge in [0.25, 0.3) is 11.5 Å². The Morgan fingerprint density at radius 2 is 2.06 bits per heavy atom. The Balaban J connectivity index is 1.43. The van der Waals surface area contributed by atoms with Crippen LogP contribution in [0, 0.1) is 11.7 Å². The van der Waals surface area contributed by atoms with Crippen molar-refractivity contribution < 1.29 is 14.0 Å². The number of hydrogen-bond acceptors (Lipinski definition) is 7. The molecule has 1 aliphatic rings. The number of aromatic amines is 1. The molecular weight excluding hydrogens is 489 g/mol. The number of hydrogen-bond donors (Lipinski definition) is 3. The van der Waals surface area contributed by atoms with Crippen LogP contribution in [0.1, 0.15) is 47.6 Å². The third-order valence-corrected chi connectivity index (χ3v) is 7.62. The van der Waals surface area contributed by atoms with E-state index < -0.39 is 17.8 Å². The summed E-state index contributed by atoms with van der Waals surface area (Å²) in [5, 5.41) is 7.83. The molecule has 0 saturated heterocycles. The number of fused-ring (bicyclic) bond motifs is 1. The molecule has 2 amide bonds. The van der Waals surface area contributed by atoms with Crippen LogP contribution in [0.5, 0.6) is 0 Å². The Bertz CT molecular complexity index is 1320. The van der Waals surface area contributed by atoms with E-state index in [-0.39, 0.29) is 23.1 Å². The number of nitrogens with one attached hydrogen (secondary N) is 3. The van der Waals surface area contributed by atoms with Crippen LogP contribution in [0.25, 0.3) is 10.6 Å². The first-order valence-electron chi connectivity index (χ1n) is 11.3. The summed E-state index contributed by atoms with van der Waals surface area (Å²) in [5.74, 6) is -0.923. The predicted octanol–water partition coefficient (Wildman–Crippen LogP) is 3.31. The molecule has 0 aliphatic heterocycles. The maximum absolute atomic E-state index is 14.8. The van der Waals surface area contributed by atoms with E-state index in [9.17, 15) is 18.8 Å². The van der Waals surface area contributed by atoms with E-state index in [1.54, 1.807) is 17.5 Å². The topological polar surface area (TPSA) is 117 Å². The second-order valence-corrected chi connectivity index (χ2v) is 10.4. The lowest BCUT2D eigenvalue weighted by atomic mass is 10.0. The van der Waals surface area contributed by atoms with Crippen molar-refractivity contribution in [3.8, 4) is 10.6 Å². The van der Waals surface area contributed by atoms with Crippen LogP contribution in [0.3, 0.4) is 0 Å². The fraction of sp³-hybridized carbons (Fsp3) is 0.375. The van der Waals surface area contributed by atoms with Crippen LogP contribution in [-0.4, -0.2) is 39.9 Å². The average molecular weight is 516 g/mol. The Morgan fingerprint density at radius 1 is 1.26 bits per heavy atom. The van der Waals surface area contributed by atoms with E-state index in [0.717, 1.165) is 30.5 Å². The van der Waals surface area contributed by atoms with Crippen molar-refractivity contribution in [3.05, 3.63) is 62.3 Å². The van der Waals surface area contributed by atoms with E-state index in [1.165, 1.54) is 36.2 Å². The summed E-state index contributed by atoms with van der Waals surface area (Å²) < 4.78 is 14.8. The first-order chi connectivity index (χ1) is 16.8. The number of thiazole rings is 1. The molecule has 0 spiro atoms. The van der Waals surface area contributed by atoms with E-state index in [1.807, 2.05) is 13.8 Å². The summed E-state index contributed by atoms with van der Waals surface area (Å²) in [6.07, 6.45) is 2.49. The summed E-state index contributed by atoms with van der Waals surface area (Å²) in [7, 11) is 1.52. The molecule has 0 bridgehead atoms. The highest BCUT2D eigenvalue weighted by molar-refractivity contribution is 7.98. The van der Waals surface area contributed by atoms with Crippen LogP contribution in [-0.2, 0) is 23.4 Å². The van der Waals surface area contributed by atoms with E-state index >= 15 is 0 Å². The zero-order chi connectivity index (χ0) is 25.1. The van der Waals surface area contributed by atoms with Crippen LogP contribution < -0.4 is 16.2 Å². The zero-order valence-corrected chi connectivity index (χ0v) is 21.2. The van der Waals surface area contributed by atoms with Crippen molar-refractivity contribution in [2.45, 2.75) is 50.1 Å². The minimum Gasteiger partial charge on any atom is -0.357 e. The molecule has 0 fully saturated rings. The second kappa shape index (κ2) is 10.7. The first-order valence-corrected chi connectivity index (χ1v) is 13.1. The van der Waals surface area contributed by atoms with Crippen LogP contribution in [0.15, 0.2) is 33.5 Å². The summed E-state index contributed by atoms with van der Waals surface area (Å²) in [5.41, 5.74) is 2.69. The lowest BCUT2D eigenvalue weighted by Gasteiger charge is -2.20. The van der Waals surface area contributed by atoms with Gasteiger partial charge in [-0.25, -0.2) is 14.4 Å². The minimum atomic E-state index is -0.679. The molecule has 35 heavy (non-hydrogen) atoms. The molecule has 4 rings (SSSR count). The maximum atomic E-state index is 14.8. The highest BCUT2D eigenvalue weighted by Gasteiger charge is 2.25. The highest BCUT2D eigenvalue weighted by atomic mass is 32.2. The van der Waals surface area contributed by atoms with Crippen molar-refractivity contribution in [2.75, 3.05) is 7.05 Å². The molecular formula is C24H26FN5O3S2. The zero-order valence-electron chi connectivity index (χ0n) is 19.6. The van der Waals surface area contributed by atoms with Crippen molar-refractivity contribution in [1.29, 1.82) is 0 Å². The van der Waals surface area contributed by atoms with Crippen LogP contribution >= 0.6 is 23.1 Å². The van der Waals surface area contributed by atoms with Gasteiger partial charge in [0.05, 0.1) is 5.69 Å². The fourth-order valence-corrected chi connectivity index (χ4v) is 5.51. The number of carbonyl (C=O) groups is 2. The normalized spacial score (nSPS) is 13.5. The van der Waals surface area contributed by atoms with Gasteiger partial charge in [0.2, 0.25) is 5.91 Å². The molecule has 8 nitrogen and oxygen atoms in total. The largest absolute Gasteiger partial charge is 0.357 e. The number of carbonyl (C=O) groups excluding carboxylic acids is 2. The number of halogens is 1. The number of H-pyrrole nitrogens is 1. The van der Waals surface area contributed by atoms with Crippen molar-refractivity contribution in [2.24, 2.45) is 5.92 Å². The molecule has 2 heterocycles. The van der Waals surface area contributed by atoms with Crippen molar-refractivity contribution in [1.82, 2.24) is 25.6 Å². The molecule has 0 radical (unpaired) electrons. The Hall–Kier alpha value is -3.05. The number of amides is 2. The smallest absolute Gasteiger partial charge is 0.271 e. The van der Waals surface area contributed by atoms with Gasteiger partial charge < -0.3 is 15.6 Å². The van der Waals surface area contributed by atoms with Crippen LogP contribution in [0.4, 0.5) is 4.39 Å². The Labute approximate surface area is 210 Å². The van der Waals surface area contributed by atoms with Gasteiger partial charge in [-0.1, -0.05) is 37.7 Å². The molecule has 2 aromatic heterocycles. The van der Waals surface area contributed by atoms with Gasteiger partial charge in [0.15, 0.2) is 5.16 Å². The van der Waals surface area contributed by atoms with Gasteiger partial charge >= 0.3 is 0 Å². The van der Waals surface area contributed by atoms with E-state index in [0.29, 0.717) is 27.0 Å². The summed E-state index contributed by atoms with van der Waals surface area (Å²) in [6, 6.07) is 4.13. The third-order valence-electron chi connectivity index (χ3n) is 5.80. The fourth-order valence-electron chi connectivity index (χ4n) is 3.85. The first kappa shape index (κ1) is 25.1. The van der Waals surface area contributed by atoms with Gasteiger partial charge in [-0.05, 0) is 36.8 Å². The molecule has 1 atom stereocenters. The minimum absolute atomic E-state index is 0.0960. The van der Waals surface area contributed by atoms with Crippen molar-refractivity contribution in [3.63, 3.8) is 0 Å². The number of thioether (sulfide) groups is 1. The highest BCUT2D eigenvalue weighted by Crippen LogP contribution is 2.28. The molecule has 184 valence electrons. The summed E-state index contributed by atoms with van der Waals surface area (Å²) in [4.78, 5) is 48.4. The molecule has 11 heteroatoms. The lowest BCUT2D eigenvalue weighted by Crippen LogP contribution is -2.48. The molecule has 1 aromatic carbocycles. The number of rotatable bonds is 8. The summed E-state index contributed by atoms with van der Waals surface area (Å²) in [6.45, 7) is 3.68. The predicted molar refractivity (Wildman–Crippen MR) is 134 cm³/mol. The number of benzene rings is 1. The number of aryl methyl sites for hydroxylation is 1. The van der Waals surface area contributed by atoms with Crippen LogP contribution in [0.2, 0.25) is 0 Å². The van der Waals surface area contributed by atoms with E-state index in [4.69, 9.17) is 0 Å². The summed E-state index contributed by atoms with van der Waals surface area (Å²) >= 11 is 2.51. The molecule has 0 saturated carbocycles. The molecule has 0 unspecified atom stereocenters. The van der Waals surface area contributed by atoms with Gasteiger partial charge in [0, 0.05) is 29.3 Å². The Morgan fingerprint density at radius 3 is 2.77 bits per heavy atom. The lowest BCUT2D eigenvalue weighted by molar-refractivity contribution is -0.123. The monoisotopic (exact) mass is 515 g/mol. The number of aromatic nitrogens is 3. The van der Waals surface area contributed by atoms with Crippen molar-refractivity contribution >= 4 is 34.9 Å². The Kier molecular flexibility index (Phi) is 7.66. The SMILES string of the molecule is CNC(=O)[C@@H](NC(=O)c1csc(-c2ccc(CSc3nc4c(c(=O)[nH]3)CCC4)c(F)c2)n1)C(C)C. The van der Waals surface area contributed by atoms with Gasteiger partial charge in [0.1, 0.15) is 22.6 Å². The number of likely N-dealkylation sites (N-methyl/N-ethyl adjacent to an activating group) is 1. The number of nitrogens with zero attached hydrogens (tertiary/aromatic N) is 2. The third kappa shape index (κ3) is 5.62. The van der Waals surface area contributed by atoms with Gasteiger partial charge in [-0.3, -0.25) is 14.4 Å². The molecule has 3 aromatic rings. The van der Waals surface area contributed by atoms with Gasteiger partial charge in [-0.2, -0.15) is 0 Å². The molecule has 3 N–H and O–H groups in total. The maximum Gasteiger partial charge on any atom is 0.271 e. The standard InChI is InChI=1S/C24H26FN5O3S2/c1-12(2)19(22(33)26-3)29-21(32)18-11-34-23(27-18)13-7-8-14(16(25)9-13)10-35-24-28-17-6-4-5-15(17)20(31)30-24/h7-9,11-12,19H,4-6,10H2,1-3H3,(H,26,33)(H,29,32)(H,28,30,31)/t19-/m0/s1. The quantitative estimate of drug-likeness (QED) is 0.313. The van der Waals surface area contributed by atoms with Gasteiger partial charge in [-0.15, -0.1) is 11.3 Å². The molecule has 1 aliphatic carbocycles. The average Bonchev–Trinajstić information content (AvgIpc) is 3.51. The van der Waals surface area contributed by atoms with E-state index in [2.05, 4.69) is 25.6 Å².